The summed E-state index contributed by atoms with van der Waals surface area (Å²) in [7, 11) is 0. The van der Waals surface area contributed by atoms with Crippen LogP contribution in [0.25, 0.3) is 0 Å². The molecular weight excluding hydrogens is 164 g/mol. The highest BCUT2D eigenvalue weighted by Crippen LogP contribution is 2.01. The quantitative estimate of drug-likeness (QED) is 0.672. The summed E-state index contributed by atoms with van der Waals surface area (Å²) in [6.07, 6.45) is -2.54. The average molecular weight is 181 g/mol. The normalized spacial score (nSPS) is 16.5. The zero-order valence-corrected chi connectivity index (χ0v) is 7.81. The van der Waals surface area contributed by atoms with Crippen LogP contribution >= 0.6 is 0 Å². The van der Waals surface area contributed by atoms with Crippen molar-refractivity contribution in [3.63, 3.8) is 0 Å². The molecular formula is C8H17F2NO. The highest BCUT2D eigenvalue weighted by atomic mass is 19.3. The van der Waals surface area contributed by atoms with E-state index in [1.54, 1.807) is 6.92 Å². The van der Waals surface area contributed by atoms with Gasteiger partial charge in [-0.25, -0.2) is 8.78 Å². The molecule has 2 unspecified atom stereocenters. The molecule has 0 aliphatic rings. The van der Waals surface area contributed by atoms with E-state index in [1.165, 1.54) is 0 Å². The molecule has 0 heterocycles. The summed E-state index contributed by atoms with van der Waals surface area (Å²) in [6, 6.07) is 0.119. The Bertz CT molecular complexity index is 111. The summed E-state index contributed by atoms with van der Waals surface area (Å²) < 4.78 is 28.3. The van der Waals surface area contributed by atoms with Gasteiger partial charge in [-0.3, -0.25) is 0 Å². The van der Waals surface area contributed by atoms with Crippen molar-refractivity contribution < 1.29 is 13.5 Å². The monoisotopic (exact) mass is 181 g/mol. The van der Waals surface area contributed by atoms with Crippen molar-refractivity contribution in [2.45, 2.75) is 39.3 Å². The molecule has 74 valence electrons. The predicted molar refractivity (Wildman–Crippen MR) is 44.6 cm³/mol. The fourth-order valence-electron chi connectivity index (χ4n) is 0.857. The summed E-state index contributed by atoms with van der Waals surface area (Å²) in [5, 5.41) is 3.10. The number of hydrogen-bond donors (Lipinski definition) is 1. The van der Waals surface area contributed by atoms with Crippen LogP contribution in [-0.4, -0.2) is 31.7 Å². The van der Waals surface area contributed by atoms with Crippen LogP contribution in [0.3, 0.4) is 0 Å². The van der Waals surface area contributed by atoms with Crippen LogP contribution in [0.1, 0.15) is 20.8 Å². The summed E-state index contributed by atoms with van der Waals surface area (Å²) in [4.78, 5) is 0. The standard InChI is InChI=1S/C8H17F2NO/c1-4-11-6(2)7(3)12-5-8(9)10/h6-8,11H,4-5H2,1-3H3. The Balaban J connectivity index is 3.49. The number of alkyl halides is 2. The lowest BCUT2D eigenvalue weighted by Gasteiger charge is -2.20. The molecule has 0 saturated carbocycles. The van der Waals surface area contributed by atoms with Crippen LogP contribution in [-0.2, 0) is 4.74 Å². The lowest BCUT2D eigenvalue weighted by Crippen LogP contribution is -2.37. The predicted octanol–water partition coefficient (Wildman–Crippen LogP) is 1.65. The number of rotatable bonds is 6. The molecule has 0 bridgehead atoms. The van der Waals surface area contributed by atoms with Crippen molar-refractivity contribution in [3.05, 3.63) is 0 Å². The smallest absolute Gasteiger partial charge is 0.261 e. The van der Waals surface area contributed by atoms with E-state index in [9.17, 15) is 8.78 Å². The highest BCUT2D eigenvalue weighted by molar-refractivity contribution is 4.67. The SMILES string of the molecule is CCNC(C)C(C)OCC(F)F. The van der Waals surface area contributed by atoms with E-state index in [0.717, 1.165) is 6.54 Å². The molecule has 0 aliphatic carbocycles. The summed E-state index contributed by atoms with van der Waals surface area (Å²) >= 11 is 0. The van der Waals surface area contributed by atoms with E-state index in [1.807, 2.05) is 13.8 Å². The van der Waals surface area contributed by atoms with Gasteiger partial charge in [-0.2, -0.15) is 0 Å². The Hall–Kier alpha value is -0.220. The van der Waals surface area contributed by atoms with Crippen LogP contribution in [0, 0.1) is 0 Å². The molecule has 0 aromatic rings. The third-order valence-electron chi connectivity index (χ3n) is 1.72. The molecule has 4 heteroatoms. The van der Waals surface area contributed by atoms with E-state index in [2.05, 4.69) is 5.32 Å². The molecule has 0 aromatic carbocycles. The van der Waals surface area contributed by atoms with Crippen molar-refractivity contribution in [1.82, 2.24) is 5.32 Å². The van der Waals surface area contributed by atoms with Gasteiger partial charge in [0, 0.05) is 6.04 Å². The number of hydrogen-bond acceptors (Lipinski definition) is 2. The van der Waals surface area contributed by atoms with Gasteiger partial charge in [0.25, 0.3) is 6.43 Å². The van der Waals surface area contributed by atoms with Crippen LogP contribution in [0.5, 0.6) is 0 Å². The Morgan fingerprint density at radius 2 is 1.92 bits per heavy atom. The number of ether oxygens (including phenoxy) is 1. The van der Waals surface area contributed by atoms with Crippen molar-refractivity contribution >= 4 is 0 Å². The van der Waals surface area contributed by atoms with Crippen LogP contribution in [0.4, 0.5) is 8.78 Å². The molecule has 12 heavy (non-hydrogen) atoms. The summed E-state index contributed by atoms with van der Waals surface area (Å²) in [5.41, 5.74) is 0. The van der Waals surface area contributed by atoms with E-state index in [-0.39, 0.29) is 12.1 Å². The maximum atomic E-state index is 11.7. The minimum atomic E-state index is -2.37. The zero-order chi connectivity index (χ0) is 9.56. The Morgan fingerprint density at radius 1 is 1.33 bits per heavy atom. The molecule has 1 N–H and O–H groups in total. The second kappa shape index (κ2) is 6.31. The minimum absolute atomic E-state index is 0.119. The molecule has 0 rings (SSSR count). The lowest BCUT2D eigenvalue weighted by atomic mass is 10.2. The van der Waals surface area contributed by atoms with Gasteiger partial charge in [0.1, 0.15) is 6.61 Å². The largest absolute Gasteiger partial charge is 0.371 e. The van der Waals surface area contributed by atoms with Crippen molar-refractivity contribution in [2.75, 3.05) is 13.2 Å². The number of likely N-dealkylation sites (N-methyl/N-ethyl adjacent to an activating group) is 1. The van der Waals surface area contributed by atoms with Gasteiger partial charge in [0.05, 0.1) is 6.10 Å². The molecule has 0 aliphatic heterocycles. The van der Waals surface area contributed by atoms with Crippen LogP contribution in [0.2, 0.25) is 0 Å². The first kappa shape index (κ1) is 11.8. The highest BCUT2D eigenvalue weighted by Gasteiger charge is 2.13. The number of halogens is 2. The van der Waals surface area contributed by atoms with Gasteiger partial charge in [-0.05, 0) is 20.4 Å². The fourth-order valence-corrected chi connectivity index (χ4v) is 0.857. The van der Waals surface area contributed by atoms with E-state index < -0.39 is 13.0 Å². The summed E-state index contributed by atoms with van der Waals surface area (Å²) in [6.45, 7) is 6.02. The van der Waals surface area contributed by atoms with Gasteiger partial charge in [0.15, 0.2) is 0 Å². The molecule has 2 nitrogen and oxygen atoms in total. The van der Waals surface area contributed by atoms with Gasteiger partial charge in [-0.1, -0.05) is 6.92 Å². The lowest BCUT2D eigenvalue weighted by molar-refractivity contribution is -0.0278. The van der Waals surface area contributed by atoms with Crippen molar-refractivity contribution in [3.8, 4) is 0 Å². The third kappa shape index (κ3) is 5.43. The second-order valence-corrected chi connectivity index (χ2v) is 2.78. The van der Waals surface area contributed by atoms with Gasteiger partial charge < -0.3 is 10.1 Å². The molecule has 2 atom stereocenters. The molecule has 0 saturated heterocycles. The van der Waals surface area contributed by atoms with E-state index in [0.29, 0.717) is 0 Å². The third-order valence-corrected chi connectivity index (χ3v) is 1.72. The van der Waals surface area contributed by atoms with E-state index in [4.69, 9.17) is 4.74 Å². The molecule has 0 spiro atoms. The fraction of sp³-hybridized carbons (Fsp3) is 1.00. The first-order chi connectivity index (χ1) is 5.57. The Labute approximate surface area is 72.3 Å². The molecule has 0 amide bonds. The molecule has 0 radical (unpaired) electrons. The van der Waals surface area contributed by atoms with Gasteiger partial charge in [-0.15, -0.1) is 0 Å². The minimum Gasteiger partial charge on any atom is -0.371 e. The number of nitrogens with one attached hydrogen (secondary N) is 1. The van der Waals surface area contributed by atoms with E-state index >= 15 is 0 Å². The average Bonchev–Trinajstić information content (AvgIpc) is 2.00. The topological polar surface area (TPSA) is 21.3 Å². The van der Waals surface area contributed by atoms with Gasteiger partial charge in [0.2, 0.25) is 0 Å². The van der Waals surface area contributed by atoms with Crippen molar-refractivity contribution in [2.24, 2.45) is 0 Å². The van der Waals surface area contributed by atoms with Crippen molar-refractivity contribution in [1.29, 1.82) is 0 Å². The van der Waals surface area contributed by atoms with Crippen LogP contribution < -0.4 is 5.32 Å². The zero-order valence-electron chi connectivity index (χ0n) is 7.81. The maximum Gasteiger partial charge on any atom is 0.261 e. The summed E-state index contributed by atoms with van der Waals surface area (Å²) in [5.74, 6) is 0. The Kier molecular flexibility index (Phi) is 6.20. The molecule has 0 aromatic heterocycles. The molecule has 0 fully saturated rings. The first-order valence-corrected chi connectivity index (χ1v) is 4.21. The van der Waals surface area contributed by atoms with Crippen LogP contribution in [0.15, 0.2) is 0 Å². The first-order valence-electron chi connectivity index (χ1n) is 4.21. The van der Waals surface area contributed by atoms with Gasteiger partial charge >= 0.3 is 0 Å². The maximum absolute atomic E-state index is 11.7. The Morgan fingerprint density at radius 3 is 2.33 bits per heavy atom. The second-order valence-electron chi connectivity index (χ2n) is 2.78.